The molecule has 1 N–H and O–H groups in total. The number of nitrogens with zero attached hydrogens (tertiary/aromatic N) is 3. The van der Waals surface area contributed by atoms with Gasteiger partial charge in [-0.3, -0.25) is 4.79 Å². The minimum Gasteiger partial charge on any atom is -0.356 e. The van der Waals surface area contributed by atoms with Crippen molar-refractivity contribution in [3.8, 4) is 0 Å². The number of nitrogens with one attached hydrogen (secondary N) is 1. The molecule has 2 heterocycles. The summed E-state index contributed by atoms with van der Waals surface area (Å²) in [6, 6.07) is 9.17. The van der Waals surface area contributed by atoms with Crippen molar-refractivity contribution in [2.45, 2.75) is 25.7 Å². The minimum atomic E-state index is -0.138. The van der Waals surface area contributed by atoms with Crippen LogP contribution in [-0.2, 0) is 11.2 Å². The molecule has 0 spiro atoms. The maximum atomic E-state index is 12.2. The predicted molar refractivity (Wildman–Crippen MR) is 91.9 cm³/mol. The van der Waals surface area contributed by atoms with E-state index in [2.05, 4.69) is 20.2 Å². The Morgan fingerprint density at radius 3 is 2.74 bits per heavy atom. The number of piperidine rings is 1. The molecule has 1 aliphatic heterocycles. The zero-order valence-electron chi connectivity index (χ0n) is 12.8. The van der Waals surface area contributed by atoms with Crippen LogP contribution in [0.2, 0.25) is 5.02 Å². The lowest BCUT2D eigenvalue weighted by Crippen LogP contribution is -2.30. The fraction of sp³-hybridized carbons (Fsp3) is 0.353. The van der Waals surface area contributed by atoms with E-state index < -0.39 is 0 Å². The SMILES string of the molecule is O=C(Cc1ccccc1Cl)Nc1cc(N2CCCCC2)ncn1. The van der Waals surface area contributed by atoms with Gasteiger partial charge in [0.15, 0.2) is 0 Å². The summed E-state index contributed by atoms with van der Waals surface area (Å²) in [5.41, 5.74) is 0.803. The number of aromatic nitrogens is 2. The predicted octanol–water partition coefficient (Wildman–Crippen LogP) is 3.30. The first kappa shape index (κ1) is 15.7. The first-order valence-corrected chi connectivity index (χ1v) is 8.20. The lowest BCUT2D eigenvalue weighted by molar-refractivity contribution is -0.115. The molecule has 1 aliphatic rings. The fourth-order valence-electron chi connectivity index (χ4n) is 2.71. The van der Waals surface area contributed by atoms with Crippen LogP contribution in [0.25, 0.3) is 0 Å². The lowest BCUT2D eigenvalue weighted by atomic mass is 10.1. The molecule has 23 heavy (non-hydrogen) atoms. The first-order chi connectivity index (χ1) is 11.2. The lowest BCUT2D eigenvalue weighted by Gasteiger charge is -2.27. The van der Waals surface area contributed by atoms with E-state index in [0.717, 1.165) is 24.5 Å². The summed E-state index contributed by atoms with van der Waals surface area (Å²) in [4.78, 5) is 22.9. The van der Waals surface area contributed by atoms with Crippen LogP contribution in [-0.4, -0.2) is 29.0 Å². The molecular formula is C17H19ClN4O. The van der Waals surface area contributed by atoms with Gasteiger partial charge in [-0.25, -0.2) is 9.97 Å². The quantitative estimate of drug-likeness (QED) is 0.934. The van der Waals surface area contributed by atoms with Gasteiger partial charge in [-0.05, 0) is 30.9 Å². The number of amides is 1. The average Bonchev–Trinajstić information content (AvgIpc) is 2.58. The van der Waals surface area contributed by atoms with Gasteiger partial charge < -0.3 is 10.2 Å². The molecule has 1 fully saturated rings. The smallest absolute Gasteiger partial charge is 0.230 e. The second-order valence-electron chi connectivity index (χ2n) is 5.63. The van der Waals surface area contributed by atoms with Crippen LogP contribution < -0.4 is 10.2 Å². The standard InChI is InChI=1S/C17H19ClN4O/c18-14-7-3-2-6-13(14)10-17(23)21-15-11-16(20-12-19-15)22-8-4-1-5-9-22/h2-3,6-7,11-12H,1,4-5,8-10H2,(H,19,20,21,23). The molecule has 0 aliphatic carbocycles. The summed E-state index contributed by atoms with van der Waals surface area (Å²) in [6.07, 6.45) is 5.34. The number of carbonyl (C=O) groups is 1. The molecule has 1 aromatic carbocycles. The monoisotopic (exact) mass is 330 g/mol. The molecular weight excluding hydrogens is 312 g/mol. The van der Waals surface area contributed by atoms with Crippen molar-refractivity contribution < 1.29 is 4.79 Å². The molecule has 3 rings (SSSR count). The van der Waals surface area contributed by atoms with E-state index in [4.69, 9.17) is 11.6 Å². The first-order valence-electron chi connectivity index (χ1n) is 7.82. The normalized spacial score (nSPS) is 14.6. The second kappa shape index (κ2) is 7.42. The van der Waals surface area contributed by atoms with E-state index >= 15 is 0 Å². The van der Waals surface area contributed by atoms with E-state index in [0.29, 0.717) is 10.8 Å². The molecule has 1 aromatic heterocycles. The van der Waals surface area contributed by atoms with E-state index in [1.165, 1.54) is 25.6 Å². The van der Waals surface area contributed by atoms with Crippen molar-refractivity contribution in [1.29, 1.82) is 0 Å². The molecule has 0 bridgehead atoms. The Morgan fingerprint density at radius 2 is 1.96 bits per heavy atom. The molecule has 5 nitrogen and oxygen atoms in total. The number of hydrogen-bond acceptors (Lipinski definition) is 4. The molecule has 6 heteroatoms. The van der Waals surface area contributed by atoms with Gasteiger partial charge in [-0.15, -0.1) is 0 Å². The molecule has 0 radical (unpaired) electrons. The summed E-state index contributed by atoms with van der Waals surface area (Å²) in [7, 11) is 0. The molecule has 0 atom stereocenters. The maximum absolute atomic E-state index is 12.2. The van der Waals surface area contributed by atoms with E-state index in [1.54, 1.807) is 6.07 Å². The average molecular weight is 331 g/mol. The third-order valence-electron chi connectivity index (χ3n) is 3.91. The van der Waals surface area contributed by atoms with Crippen molar-refractivity contribution in [1.82, 2.24) is 9.97 Å². The molecule has 1 amide bonds. The second-order valence-corrected chi connectivity index (χ2v) is 6.03. The largest absolute Gasteiger partial charge is 0.356 e. The Labute approximate surface area is 140 Å². The van der Waals surface area contributed by atoms with Crippen LogP contribution in [0.5, 0.6) is 0 Å². The topological polar surface area (TPSA) is 58.1 Å². The number of anilines is 2. The van der Waals surface area contributed by atoms with Crippen LogP contribution >= 0.6 is 11.6 Å². The molecule has 0 saturated carbocycles. The van der Waals surface area contributed by atoms with Gasteiger partial charge in [-0.1, -0.05) is 29.8 Å². The molecule has 1 saturated heterocycles. The fourth-order valence-corrected chi connectivity index (χ4v) is 2.92. The highest BCUT2D eigenvalue weighted by Crippen LogP contribution is 2.20. The zero-order chi connectivity index (χ0) is 16.1. The van der Waals surface area contributed by atoms with Crippen molar-refractivity contribution >= 4 is 29.1 Å². The number of benzene rings is 1. The van der Waals surface area contributed by atoms with Gasteiger partial charge in [0.25, 0.3) is 0 Å². The Kier molecular flexibility index (Phi) is 5.08. The van der Waals surface area contributed by atoms with Crippen molar-refractivity contribution in [2.75, 3.05) is 23.3 Å². The van der Waals surface area contributed by atoms with Crippen LogP contribution in [0.1, 0.15) is 24.8 Å². The minimum absolute atomic E-state index is 0.138. The molecule has 120 valence electrons. The highest BCUT2D eigenvalue weighted by Gasteiger charge is 2.14. The van der Waals surface area contributed by atoms with Crippen LogP contribution in [0.4, 0.5) is 11.6 Å². The Morgan fingerprint density at radius 1 is 1.17 bits per heavy atom. The number of carbonyl (C=O) groups excluding carboxylic acids is 1. The summed E-state index contributed by atoms with van der Waals surface area (Å²) < 4.78 is 0. The summed E-state index contributed by atoms with van der Waals surface area (Å²) >= 11 is 6.09. The summed E-state index contributed by atoms with van der Waals surface area (Å²) in [5, 5.41) is 3.42. The van der Waals surface area contributed by atoms with Crippen molar-refractivity contribution in [2.24, 2.45) is 0 Å². The van der Waals surface area contributed by atoms with Crippen LogP contribution in [0.15, 0.2) is 36.7 Å². The highest BCUT2D eigenvalue weighted by molar-refractivity contribution is 6.31. The zero-order valence-corrected chi connectivity index (χ0v) is 13.6. The van der Waals surface area contributed by atoms with Gasteiger partial charge in [-0.2, -0.15) is 0 Å². The van der Waals surface area contributed by atoms with Gasteiger partial charge in [0.2, 0.25) is 5.91 Å². The Hall–Kier alpha value is -2.14. The van der Waals surface area contributed by atoms with Crippen molar-refractivity contribution in [3.05, 3.63) is 47.2 Å². The van der Waals surface area contributed by atoms with Crippen LogP contribution in [0.3, 0.4) is 0 Å². The van der Waals surface area contributed by atoms with Crippen molar-refractivity contribution in [3.63, 3.8) is 0 Å². The Balaban J connectivity index is 1.65. The Bertz CT molecular complexity index is 686. The van der Waals surface area contributed by atoms with Gasteiger partial charge >= 0.3 is 0 Å². The van der Waals surface area contributed by atoms with E-state index in [9.17, 15) is 4.79 Å². The molecule has 0 unspecified atom stereocenters. The van der Waals surface area contributed by atoms with Crippen LogP contribution in [0, 0.1) is 0 Å². The van der Waals surface area contributed by atoms with E-state index in [1.807, 2.05) is 24.3 Å². The highest BCUT2D eigenvalue weighted by atomic mass is 35.5. The third-order valence-corrected chi connectivity index (χ3v) is 4.28. The van der Waals surface area contributed by atoms with Gasteiger partial charge in [0, 0.05) is 24.2 Å². The molecule has 2 aromatic rings. The number of hydrogen-bond donors (Lipinski definition) is 1. The number of rotatable bonds is 4. The van der Waals surface area contributed by atoms with Gasteiger partial charge in [0.1, 0.15) is 18.0 Å². The maximum Gasteiger partial charge on any atom is 0.230 e. The van der Waals surface area contributed by atoms with Gasteiger partial charge in [0.05, 0.1) is 6.42 Å². The van der Waals surface area contributed by atoms with E-state index in [-0.39, 0.29) is 12.3 Å². The number of halogens is 1. The summed E-state index contributed by atoms with van der Waals surface area (Å²) in [6.45, 7) is 2.01. The summed E-state index contributed by atoms with van der Waals surface area (Å²) in [5.74, 6) is 1.26. The third kappa shape index (κ3) is 4.20.